The number of benzene rings is 1. The van der Waals surface area contributed by atoms with E-state index in [2.05, 4.69) is 0 Å². The van der Waals surface area contributed by atoms with Crippen LogP contribution in [-0.4, -0.2) is 147 Å². The number of likely N-dealkylation sites (tertiary alicyclic amines) is 1. The Hall–Kier alpha value is -4.08. The Morgan fingerprint density at radius 3 is 1.69 bits per heavy atom. The van der Waals surface area contributed by atoms with Gasteiger partial charge in [0.2, 0.25) is 5.91 Å². The molecule has 15 nitrogen and oxygen atoms in total. The van der Waals surface area contributed by atoms with E-state index in [0.717, 1.165) is 16.9 Å². The van der Waals surface area contributed by atoms with Crippen molar-refractivity contribution in [1.29, 1.82) is 0 Å². The lowest BCUT2D eigenvalue weighted by Gasteiger charge is -2.36. The Morgan fingerprint density at radius 2 is 1.17 bits per heavy atom. The summed E-state index contributed by atoms with van der Waals surface area (Å²) < 4.78 is 5.61. The summed E-state index contributed by atoms with van der Waals surface area (Å²) in [6.45, 7) is -2.15. The minimum absolute atomic E-state index is 0.00666. The van der Waals surface area contributed by atoms with Crippen LogP contribution in [0.15, 0.2) is 30.3 Å². The van der Waals surface area contributed by atoms with Gasteiger partial charge in [0.1, 0.15) is 0 Å². The van der Waals surface area contributed by atoms with E-state index in [1.54, 1.807) is 24.3 Å². The van der Waals surface area contributed by atoms with Gasteiger partial charge in [0.15, 0.2) is 6.23 Å². The van der Waals surface area contributed by atoms with Crippen molar-refractivity contribution in [2.24, 2.45) is 0 Å². The molecule has 1 amide bonds. The molecule has 1 saturated heterocycles. The fourth-order valence-corrected chi connectivity index (χ4v) is 4.58. The molecule has 0 bridgehead atoms. The van der Waals surface area contributed by atoms with Crippen LogP contribution >= 0.6 is 0 Å². The van der Waals surface area contributed by atoms with Gasteiger partial charge >= 0.3 is 29.8 Å². The highest BCUT2D eigenvalue weighted by Gasteiger charge is 2.31. The molecule has 0 spiro atoms. The first-order valence-electron chi connectivity index (χ1n) is 13.5. The normalized spacial score (nSPS) is 15.1. The molecule has 1 aromatic rings. The highest BCUT2D eigenvalue weighted by Crippen LogP contribution is 2.19. The van der Waals surface area contributed by atoms with E-state index in [1.807, 2.05) is 6.07 Å². The molecular formula is C27H38N4O11. The van der Waals surface area contributed by atoms with Crippen molar-refractivity contribution in [3.8, 4) is 0 Å². The van der Waals surface area contributed by atoms with Crippen LogP contribution in [0.2, 0.25) is 0 Å². The highest BCUT2D eigenvalue weighted by molar-refractivity contribution is 5.80. The number of nitrogens with zero attached hydrogens (tertiary/aromatic N) is 4. The molecule has 1 aromatic carbocycles. The number of carbonyl (C=O) groups is 6. The Kier molecular flexibility index (Phi) is 14.4. The molecule has 2 rings (SSSR count). The zero-order valence-electron chi connectivity index (χ0n) is 23.3. The molecule has 4 N–H and O–H groups in total. The van der Waals surface area contributed by atoms with Crippen LogP contribution in [0, 0.1) is 0 Å². The summed E-state index contributed by atoms with van der Waals surface area (Å²) in [5, 5.41) is 36.8. The molecule has 1 unspecified atom stereocenters. The molecule has 1 atom stereocenters. The van der Waals surface area contributed by atoms with E-state index >= 15 is 0 Å². The molecule has 0 saturated carbocycles. The summed E-state index contributed by atoms with van der Waals surface area (Å²) in [5.74, 6) is -5.80. The Morgan fingerprint density at radius 1 is 0.690 bits per heavy atom. The quantitative estimate of drug-likeness (QED) is 0.147. The minimum atomic E-state index is -1.24. The van der Waals surface area contributed by atoms with Crippen LogP contribution in [0.1, 0.15) is 24.8 Å². The molecule has 1 fully saturated rings. The van der Waals surface area contributed by atoms with Gasteiger partial charge in [-0.15, -0.1) is 0 Å². The summed E-state index contributed by atoms with van der Waals surface area (Å²) in [6.07, 6.45) is 1.14. The summed E-state index contributed by atoms with van der Waals surface area (Å²) >= 11 is 0. The number of amides is 1. The third kappa shape index (κ3) is 13.5. The number of piperidine rings is 1. The number of carboxylic acids is 4. The number of rotatable bonds is 19. The molecule has 0 aromatic heterocycles. The summed E-state index contributed by atoms with van der Waals surface area (Å²) in [7, 11) is 0. The predicted molar refractivity (Wildman–Crippen MR) is 145 cm³/mol. The second kappa shape index (κ2) is 17.7. The zero-order chi connectivity index (χ0) is 31.1. The van der Waals surface area contributed by atoms with E-state index in [1.165, 1.54) is 14.7 Å². The highest BCUT2D eigenvalue weighted by atomic mass is 16.6. The van der Waals surface area contributed by atoms with Gasteiger partial charge in [-0.1, -0.05) is 30.3 Å². The van der Waals surface area contributed by atoms with Gasteiger partial charge in [-0.05, 0) is 18.4 Å². The predicted octanol–water partition coefficient (Wildman–Crippen LogP) is -0.645. The maximum absolute atomic E-state index is 13.3. The van der Waals surface area contributed by atoms with Gasteiger partial charge in [0, 0.05) is 39.1 Å². The van der Waals surface area contributed by atoms with Gasteiger partial charge in [0.05, 0.1) is 39.1 Å². The zero-order valence-corrected chi connectivity index (χ0v) is 23.3. The molecule has 1 heterocycles. The molecule has 0 aliphatic carbocycles. The van der Waals surface area contributed by atoms with Gasteiger partial charge < -0.3 is 30.1 Å². The monoisotopic (exact) mass is 594 g/mol. The van der Waals surface area contributed by atoms with Crippen molar-refractivity contribution in [2.75, 3.05) is 65.4 Å². The Balaban J connectivity index is 2.02. The van der Waals surface area contributed by atoms with Gasteiger partial charge in [0.25, 0.3) is 0 Å². The molecule has 232 valence electrons. The lowest BCUT2D eigenvalue weighted by Crippen LogP contribution is -2.51. The van der Waals surface area contributed by atoms with Crippen molar-refractivity contribution in [3.63, 3.8) is 0 Å². The van der Waals surface area contributed by atoms with Crippen molar-refractivity contribution in [3.05, 3.63) is 35.9 Å². The maximum Gasteiger partial charge on any atom is 0.317 e. The number of esters is 1. The second-order valence-corrected chi connectivity index (χ2v) is 9.96. The van der Waals surface area contributed by atoms with Crippen LogP contribution in [0.25, 0.3) is 0 Å². The van der Waals surface area contributed by atoms with Crippen molar-refractivity contribution in [2.45, 2.75) is 31.9 Å². The van der Waals surface area contributed by atoms with Crippen LogP contribution < -0.4 is 0 Å². The third-order valence-electron chi connectivity index (χ3n) is 6.49. The maximum atomic E-state index is 13.3. The number of hydrogen-bond acceptors (Lipinski definition) is 10. The molecule has 0 radical (unpaired) electrons. The van der Waals surface area contributed by atoms with Crippen LogP contribution in [-0.2, 0) is 39.9 Å². The Labute approximate surface area is 242 Å². The third-order valence-corrected chi connectivity index (χ3v) is 6.49. The number of hydrogen-bond donors (Lipinski definition) is 4. The minimum Gasteiger partial charge on any atom is -0.480 e. The number of carboxylic acid groups (broad SMARTS) is 4. The first-order valence-corrected chi connectivity index (χ1v) is 13.5. The van der Waals surface area contributed by atoms with E-state index in [-0.39, 0.29) is 39.1 Å². The van der Waals surface area contributed by atoms with E-state index < -0.39 is 68.2 Å². The van der Waals surface area contributed by atoms with Crippen molar-refractivity contribution >= 4 is 35.8 Å². The fraction of sp³-hybridized carbons (Fsp3) is 0.556. The van der Waals surface area contributed by atoms with E-state index in [9.17, 15) is 39.0 Å². The average molecular weight is 595 g/mol. The SMILES string of the molecule is O=C(O)CN(CCN(CC(=O)O)CC(=O)O)CCN(CC(=O)O)CC(=O)N1CCCCC1OC(=O)Cc1ccccc1. The topological polar surface area (TPSA) is 206 Å². The first-order chi connectivity index (χ1) is 19.9. The largest absolute Gasteiger partial charge is 0.480 e. The van der Waals surface area contributed by atoms with Gasteiger partial charge in [-0.25, -0.2) is 0 Å². The van der Waals surface area contributed by atoms with Crippen molar-refractivity contribution < 1.29 is 53.9 Å². The summed E-state index contributed by atoms with van der Waals surface area (Å²) in [5.41, 5.74) is 0.767. The van der Waals surface area contributed by atoms with Crippen LogP contribution in [0.3, 0.4) is 0 Å². The Bertz CT molecular complexity index is 1070. The number of aliphatic carboxylic acids is 4. The summed E-state index contributed by atoms with van der Waals surface area (Å²) in [6, 6.07) is 9.01. The molecular weight excluding hydrogens is 556 g/mol. The second-order valence-electron chi connectivity index (χ2n) is 9.96. The van der Waals surface area contributed by atoms with Gasteiger partial charge in [-0.3, -0.25) is 43.5 Å². The molecule has 15 heteroatoms. The first kappa shape index (κ1) is 34.1. The molecule has 1 aliphatic rings. The molecule has 1 aliphatic heterocycles. The fourth-order valence-electron chi connectivity index (χ4n) is 4.58. The molecule has 42 heavy (non-hydrogen) atoms. The van der Waals surface area contributed by atoms with E-state index in [4.69, 9.17) is 14.9 Å². The van der Waals surface area contributed by atoms with E-state index in [0.29, 0.717) is 19.4 Å². The average Bonchev–Trinajstić information content (AvgIpc) is 2.89. The number of ether oxygens (including phenoxy) is 1. The lowest BCUT2D eigenvalue weighted by atomic mass is 10.1. The smallest absolute Gasteiger partial charge is 0.317 e. The summed E-state index contributed by atoms with van der Waals surface area (Å²) in [4.78, 5) is 76.2. The number of carbonyl (C=O) groups excluding carboxylic acids is 2. The standard InChI is InChI=1S/C27H38N4O11/c32-21(31-9-5-4-8-22(31)42-27(41)14-20-6-2-1-3-7-20)15-29(17-24(35)36)12-10-28(16-23(33)34)11-13-30(18-25(37)38)19-26(39)40/h1-3,6-7,22H,4-5,8-19H2,(H,33,34)(H,35,36)(H,37,38)(H,39,40). The lowest BCUT2D eigenvalue weighted by molar-refractivity contribution is -0.168. The van der Waals surface area contributed by atoms with Crippen molar-refractivity contribution in [1.82, 2.24) is 19.6 Å². The van der Waals surface area contributed by atoms with Gasteiger partial charge in [-0.2, -0.15) is 0 Å². The van der Waals surface area contributed by atoms with Crippen LogP contribution in [0.5, 0.6) is 0 Å². The van der Waals surface area contributed by atoms with Crippen LogP contribution in [0.4, 0.5) is 0 Å².